The molecule has 0 aliphatic rings. The minimum absolute atomic E-state index is 0.0922. The molecule has 7 heteroatoms. The quantitative estimate of drug-likeness (QED) is 0.851. The molecule has 0 aliphatic heterocycles. The Bertz CT molecular complexity index is 655. The number of anilines is 1. The summed E-state index contributed by atoms with van der Waals surface area (Å²) in [5, 5.41) is 5.70. The Labute approximate surface area is 121 Å². The van der Waals surface area contributed by atoms with E-state index in [-0.39, 0.29) is 4.90 Å². The van der Waals surface area contributed by atoms with Crippen molar-refractivity contribution in [3.05, 3.63) is 53.6 Å². The lowest BCUT2D eigenvalue weighted by atomic mass is 10.3. The van der Waals surface area contributed by atoms with Crippen LogP contribution in [-0.2, 0) is 10.0 Å². The second-order valence-corrected chi connectivity index (χ2v) is 6.60. The van der Waals surface area contributed by atoms with E-state index in [1.165, 1.54) is 24.1 Å². The van der Waals surface area contributed by atoms with Crippen molar-refractivity contribution in [2.75, 3.05) is 4.72 Å². The van der Waals surface area contributed by atoms with Crippen LogP contribution in [0.1, 0.15) is 0 Å². The predicted octanol–water partition coefficient (Wildman–Crippen LogP) is 3.11. The van der Waals surface area contributed by atoms with Gasteiger partial charge in [0.05, 0.1) is 4.90 Å². The van der Waals surface area contributed by atoms with E-state index in [2.05, 4.69) is 4.72 Å². The molecular weight excluding hydrogens is 304 g/mol. The molecule has 0 radical (unpaired) electrons. The summed E-state index contributed by atoms with van der Waals surface area (Å²) >= 11 is 7.20. The van der Waals surface area contributed by atoms with Gasteiger partial charge in [0.15, 0.2) is 0 Å². The first-order chi connectivity index (χ1) is 8.95. The zero-order valence-corrected chi connectivity index (χ0v) is 12.1. The van der Waals surface area contributed by atoms with Crippen LogP contribution in [0.5, 0.6) is 0 Å². The summed E-state index contributed by atoms with van der Waals surface area (Å²) in [6, 6.07) is 13.6. The zero-order chi connectivity index (χ0) is 13.9. The number of halogens is 1. The van der Waals surface area contributed by atoms with Gasteiger partial charge in [-0.2, -0.15) is 0 Å². The van der Waals surface area contributed by atoms with Gasteiger partial charge in [0, 0.05) is 15.6 Å². The molecule has 4 nitrogen and oxygen atoms in total. The van der Waals surface area contributed by atoms with Crippen LogP contribution in [0.25, 0.3) is 0 Å². The molecule has 100 valence electrons. The first-order valence-corrected chi connectivity index (χ1v) is 8.00. The number of nitrogens with two attached hydrogens (primary N) is 1. The summed E-state index contributed by atoms with van der Waals surface area (Å²) in [6.45, 7) is 0. The second kappa shape index (κ2) is 5.83. The lowest BCUT2D eigenvalue weighted by molar-refractivity contribution is 0.598. The van der Waals surface area contributed by atoms with Crippen LogP contribution in [-0.4, -0.2) is 8.42 Å². The van der Waals surface area contributed by atoms with Gasteiger partial charge in [-0.25, -0.2) is 13.6 Å². The van der Waals surface area contributed by atoms with Crippen LogP contribution in [0.4, 0.5) is 5.69 Å². The fourth-order valence-corrected chi connectivity index (χ4v) is 2.62. The van der Waals surface area contributed by atoms with Crippen molar-refractivity contribution in [3.63, 3.8) is 0 Å². The molecule has 0 amide bonds. The van der Waals surface area contributed by atoms with Crippen LogP contribution in [0.15, 0.2) is 58.3 Å². The lowest BCUT2D eigenvalue weighted by Gasteiger charge is -2.06. The molecule has 2 aromatic carbocycles. The molecule has 0 spiro atoms. The van der Waals surface area contributed by atoms with E-state index in [0.717, 1.165) is 10.6 Å². The summed E-state index contributed by atoms with van der Waals surface area (Å²) in [5.41, 5.74) is 0.785. The number of hydrogen-bond donors (Lipinski definition) is 2. The lowest BCUT2D eigenvalue weighted by Crippen LogP contribution is -2.11. The molecule has 0 bridgehead atoms. The van der Waals surface area contributed by atoms with Gasteiger partial charge in [-0.3, -0.25) is 0 Å². The molecule has 0 aliphatic carbocycles. The van der Waals surface area contributed by atoms with Crippen LogP contribution in [0.3, 0.4) is 0 Å². The van der Waals surface area contributed by atoms with Gasteiger partial charge < -0.3 is 4.72 Å². The Morgan fingerprint density at radius 3 is 2.11 bits per heavy atom. The highest BCUT2D eigenvalue weighted by Gasteiger charge is 2.06. The summed E-state index contributed by atoms with van der Waals surface area (Å²) in [6.07, 6.45) is 0. The standard InChI is InChI=1S/C12H11ClN2O2S2/c13-9-1-5-11(6-2-9)18-15-10-3-7-12(8-4-10)19(14,16)17/h1-8,15H,(H2,14,16,17). The summed E-state index contributed by atoms with van der Waals surface area (Å²) < 4.78 is 25.3. The smallest absolute Gasteiger partial charge is 0.238 e. The highest BCUT2D eigenvalue weighted by atomic mass is 35.5. The number of primary sulfonamides is 1. The number of benzene rings is 2. The molecular formula is C12H11ClN2O2S2. The number of nitrogens with one attached hydrogen (secondary N) is 1. The Morgan fingerprint density at radius 2 is 1.58 bits per heavy atom. The fourth-order valence-electron chi connectivity index (χ4n) is 1.33. The third-order valence-electron chi connectivity index (χ3n) is 2.28. The van der Waals surface area contributed by atoms with Gasteiger partial charge in [-0.05, 0) is 60.5 Å². The zero-order valence-electron chi connectivity index (χ0n) is 9.71. The van der Waals surface area contributed by atoms with Gasteiger partial charge >= 0.3 is 0 Å². The van der Waals surface area contributed by atoms with E-state index < -0.39 is 10.0 Å². The summed E-state index contributed by atoms with van der Waals surface area (Å²) in [7, 11) is -3.64. The Balaban J connectivity index is 2.02. The monoisotopic (exact) mass is 314 g/mol. The van der Waals surface area contributed by atoms with E-state index in [1.807, 2.05) is 12.1 Å². The number of sulfonamides is 1. The highest BCUT2D eigenvalue weighted by molar-refractivity contribution is 8.00. The van der Waals surface area contributed by atoms with Gasteiger partial charge in [0.25, 0.3) is 0 Å². The van der Waals surface area contributed by atoms with E-state index in [9.17, 15) is 8.42 Å². The minimum Gasteiger partial charge on any atom is -0.326 e. The van der Waals surface area contributed by atoms with E-state index in [4.69, 9.17) is 16.7 Å². The maximum atomic E-state index is 11.1. The average Bonchev–Trinajstić information content (AvgIpc) is 2.37. The average molecular weight is 315 g/mol. The van der Waals surface area contributed by atoms with Crippen molar-refractivity contribution in [2.24, 2.45) is 5.14 Å². The van der Waals surface area contributed by atoms with E-state index in [1.54, 1.807) is 24.3 Å². The molecule has 0 aromatic heterocycles. The normalized spacial score (nSPS) is 11.3. The second-order valence-electron chi connectivity index (χ2n) is 3.73. The van der Waals surface area contributed by atoms with Crippen molar-refractivity contribution >= 4 is 39.3 Å². The Morgan fingerprint density at radius 1 is 1.00 bits per heavy atom. The third-order valence-corrected chi connectivity index (χ3v) is 4.31. The van der Waals surface area contributed by atoms with Crippen molar-refractivity contribution in [2.45, 2.75) is 9.79 Å². The topological polar surface area (TPSA) is 72.2 Å². The molecule has 3 N–H and O–H groups in total. The van der Waals surface area contributed by atoms with Crippen LogP contribution in [0.2, 0.25) is 5.02 Å². The van der Waals surface area contributed by atoms with Gasteiger partial charge in [-0.15, -0.1) is 0 Å². The molecule has 0 saturated heterocycles. The Hall–Kier alpha value is -1.21. The van der Waals surface area contributed by atoms with Crippen LogP contribution in [0, 0.1) is 0 Å². The van der Waals surface area contributed by atoms with Crippen LogP contribution < -0.4 is 9.86 Å². The van der Waals surface area contributed by atoms with Crippen molar-refractivity contribution in [1.82, 2.24) is 0 Å². The molecule has 2 rings (SSSR count). The first kappa shape index (κ1) is 14.2. The van der Waals surface area contributed by atoms with Gasteiger partial charge in [0.2, 0.25) is 10.0 Å². The fraction of sp³-hybridized carbons (Fsp3) is 0. The first-order valence-electron chi connectivity index (χ1n) is 5.26. The number of hydrogen-bond acceptors (Lipinski definition) is 4. The highest BCUT2D eigenvalue weighted by Crippen LogP contribution is 2.23. The summed E-state index contributed by atoms with van der Waals surface area (Å²) in [4.78, 5) is 1.09. The third kappa shape index (κ3) is 4.14. The maximum Gasteiger partial charge on any atom is 0.238 e. The molecule has 19 heavy (non-hydrogen) atoms. The molecule has 0 heterocycles. The Kier molecular flexibility index (Phi) is 4.36. The molecule has 0 atom stereocenters. The molecule has 2 aromatic rings. The molecule has 0 fully saturated rings. The van der Waals surface area contributed by atoms with E-state index >= 15 is 0 Å². The maximum absolute atomic E-state index is 11.1. The number of rotatable bonds is 4. The van der Waals surface area contributed by atoms with Crippen molar-refractivity contribution in [1.29, 1.82) is 0 Å². The van der Waals surface area contributed by atoms with Crippen molar-refractivity contribution < 1.29 is 8.42 Å². The van der Waals surface area contributed by atoms with Crippen LogP contribution >= 0.6 is 23.5 Å². The van der Waals surface area contributed by atoms with Gasteiger partial charge in [0.1, 0.15) is 0 Å². The largest absolute Gasteiger partial charge is 0.326 e. The SMILES string of the molecule is NS(=O)(=O)c1ccc(NSc2ccc(Cl)cc2)cc1. The molecule has 0 saturated carbocycles. The molecule has 0 unspecified atom stereocenters. The summed E-state index contributed by atoms with van der Waals surface area (Å²) in [5.74, 6) is 0. The van der Waals surface area contributed by atoms with E-state index in [0.29, 0.717) is 5.02 Å². The van der Waals surface area contributed by atoms with Crippen molar-refractivity contribution in [3.8, 4) is 0 Å². The van der Waals surface area contributed by atoms with Gasteiger partial charge in [-0.1, -0.05) is 11.6 Å². The predicted molar refractivity (Wildman–Crippen MR) is 78.7 cm³/mol. The minimum atomic E-state index is -3.64.